The van der Waals surface area contributed by atoms with E-state index in [1.165, 1.54) is 69.6 Å². The second kappa shape index (κ2) is 8.11. The normalized spacial score (nSPS) is 14.3. The van der Waals surface area contributed by atoms with Crippen LogP contribution < -0.4 is 0 Å². The van der Waals surface area contributed by atoms with Crippen LogP contribution in [0.15, 0.2) is 60.9 Å². The number of pyridine rings is 2. The predicted octanol–water partition coefficient (Wildman–Crippen LogP) is 5.87. The van der Waals surface area contributed by atoms with Crippen LogP contribution in [0.2, 0.25) is 0 Å². The number of nitrogens with zero attached hydrogens (tertiary/aromatic N) is 4. The minimum Gasteiger partial charge on any atom is -0.387 e. The van der Waals surface area contributed by atoms with Crippen molar-refractivity contribution in [1.29, 1.82) is 0 Å². The fraction of sp³-hybridized carbons (Fsp3) is 0.214. The third-order valence-corrected chi connectivity index (χ3v) is 6.93. The fourth-order valence-corrected chi connectivity index (χ4v) is 5.61. The second-order valence-electron chi connectivity index (χ2n) is 8.71. The van der Waals surface area contributed by atoms with Gasteiger partial charge in [-0.1, -0.05) is 10.8 Å². The van der Waals surface area contributed by atoms with Gasteiger partial charge in [-0.05, 0) is 60.0 Å². The van der Waals surface area contributed by atoms with Crippen LogP contribution in [0.5, 0.6) is 0 Å². The standard InChI is InChI=1S/2C14H11N2.Pt/c2*1-2-6-12-11(5-1)13-14-10(7-8-15-13)4-3-9-16(12)14;/h2*1-2,6-8H,3-4,9H2;/q2*-1;+2. The molecule has 164 valence electrons. The van der Waals surface area contributed by atoms with Crippen LogP contribution in [0.25, 0.3) is 43.9 Å². The Bertz CT molecular complexity index is 1520. The van der Waals surface area contributed by atoms with Crippen molar-refractivity contribution in [2.75, 3.05) is 0 Å². The second-order valence-corrected chi connectivity index (χ2v) is 8.71. The Morgan fingerprint density at radius 2 is 1.15 bits per heavy atom. The summed E-state index contributed by atoms with van der Waals surface area (Å²) in [4.78, 5) is 9.04. The molecule has 0 atom stereocenters. The van der Waals surface area contributed by atoms with Crippen molar-refractivity contribution in [3.63, 3.8) is 0 Å². The Balaban J connectivity index is 0.000000121. The predicted molar refractivity (Wildman–Crippen MR) is 129 cm³/mol. The topological polar surface area (TPSA) is 35.6 Å². The van der Waals surface area contributed by atoms with Gasteiger partial charge in [0.25, 0.3) is 0 Å². The molecule has 4 nitrogen and oxygen atoms in total. The van der Waals surface area contributed by atoms with E-state index in [1.54, 1.807) is 0 Å². The average Bonchev–Trinajstić information content (AvgIpc) is 3.37. The van der Waals surface area contributed by atoms with Crippen LogP contribution in [0.3, 0.4) is 0 Å². The zero-order chi connectivity index (χ0) is 21.1. The summed E-state index contributed by atoms with van der Waals surface area (Å²) < 4.78 is 4.79. The smallest absolute Gasteiger partial charge is 0.387 e. The molecular weight excluding hydrogens is 587 g/mol. The molecule has 0 radical (unpaired) electrons. The van der Waals surface area contributed by atoms with Gasteiger partial charge in [0.1, 0.15) is 0 Å². The minimum absolute atomic E-state index is 0. The first-order valence-corrected chi connectivity index (χ1v) is 11.4. The van der Waals surface area contributed by atoms with E-state index in [4.69, 9.17) is 0 Å². The monoisotopic (exact) mass is 609 g/mol. The summed E-state index contributed by atoms with van der Waals surface area (Å²) >= 11 is 0. The molecule has 0 saturated heterocycles. The van der Waals surface area contributed by atoms with Crippen molar-refractivity contribution >= 4 is 43.9 Å². The van der Waals surface area contributed by atoms with E-state index in [0.717, 1.165) is 24.1 Å². The van der Waals surface area contributed by atoms with Gasteiger partial charge in [0.05, 0.1) is 0 Å². The van der Waals surface area contributed by atoms with Crippen LogP contribution in [0, 0.1) is 12.1 Å². The first-order valence-electron chi connectivity index (χ1n) is 11.4. The number of hydrogen-bond donors (Lipinski definition) is 0. The Kier molecular flexibility index (Phi) is 5.07. The average molecular weight is 610 g/mol. The molecule has 8 rings (SSSR count). The molecule has 6 heterocycles. The quantitative estimate of drug-likeness (QED) is 0.202. The molecule has 2 aliphatic heterocycles. The molecule has 33 heavy (non-hydrogen) atoms. The van der Waals surface area contributed by atoms with E-state index in [9.17, 15) is 0 Å². The van der Waals surface area contributed by atoms with Crippen LogP contribution >= 0.6 is 0 Å². The summed E-state index contributed by atoms with van der Waals surface area (Å²) in [7, 11) is 0. The molecule has 6 aromatic rings. The van der Waals surface area contributed by atoms with Gasteiger partial charge < -0.3 is 19.1 Å². The first-order chi connectivity index (χ1) is 15.9. The summed E-state index contributed by atoms with van der Waals surface area (Å²) in [6.07, 6.45) is 8.65. The Morgan fingerprint density at radius 3 is 1.64 bits per heavy atom. The van der Waals surface area contributed by atoms with Crippen molar-refractivity contribution in [1.82, 2.24) is 19.1 Å². The Hall–Kier alpha value is -2.97. The molecule has 0 bridgehead atoms. The Labute approximate surface area is 206 Å². The molecule has 2 aliphatic rings. The summed E-state index contributed by atoms with van der Waals surface area (Å²) in [5.74, 6) is 0. The summed E-state index contributed by atoms with van der Waals surface area (Å²) in [5.41, 5.74) is 10.3. The van der Waals surface area contributed by atoms with Gasteiger partial charge in [-0.15, -0.1) is 48.5 Å². The number of hydrogen-bond acceptors (Lipinski definition) is 2. The molecule has 0 spiro atoms. The molecule has 0 amide bonds. The fourth-order valence-electron chi connectivity index (χ4n) is 5.61. The number of benzene rings is 2. The van der Waals surface area contributed by atoms with Crippen LogP contribution in [-0.4, -0.2) is 19.1 Å². The van der Waals surface area contributed by atoms with Crippen molar-refractivity contribution in [2.24, 2.45) is 0 Å². The SMILES string of the molecule is [Pt+2].[c-]1cccc2c1c1nccc3c1n2CCC3.[c-]1cccc2c1c1nccc3c1n2CCC3. The van der Waals surface area contributed by atoms with Crippen LogP contribution in [0.4, 0.5) is 0 Å². The van der Waals surface area contributed by atoms with Crippen LogP contribution in [0.1, 0.15) is 24.0 Å². The zero-order valence-electron chi connectivity index (χ0n) is 18.1. The van der Waals surface area contributed by atoms with Gasteiger partial charge in [0, 0.05) is 47.6 Å². The van der Waals surface area contributed by atoms with Crippen molar-refractivity contribution in [3.8, 4) is 0 Å². The number of rotatable bonds is 0. The molecule has 0 saturated carbocycles. The van der Waals surface area contributed by atoms with E-state index in [0.29, 0.717) is 0 Å². The minimum atomic E-state index is 0. The van der Waals surface area contributed by atoms with Crippen molar-refractivity contribution < 1.29 is 21.1 Å². The molecule has 0 N–H and O–H groups in total. The van der Waals surface area contributed by atoms with E-state index >= 15 is 0 Å². The molecule has 2 aromatic carbocycles. The summed E-state index contributed by atoms with van der Waals surface area (Å²) in [6.45, 7) is 2.22. The maximum absolute atomic E-state index is 4.52. The third-order valence-electron chi connectivity index (χ3n) is 6.93. The van der Waals surface area contributed by atoms with Crippen molar-refractivity contribution in [2.45, 2.75) is 38.8 Å². The third kappa shape index (κ3) is 3.08. The molecule has 5 heteroatoms. The van der Waals surface area contributed by atoms with Gasteiger partial charge in [-0.3, -0.25) is 0 Å². The van der Waals surface area contributed by atoms with E-state index in [-0.39, 0.29) is 21.1 Å². The summed E-state index contributed by atoms with van der Waals surface area (Å²) in [6, 6.07) is 23.3. The molecular formula is C28H22N4Pt. The maximum atomic E-state index is 4.52. The maximum Gasteiger partial charge on any atom is 2.00 e. The van der Waals surface area contributed by atoms with Gasteiger partial charge in [0.15, 0.2) is 0 Å². The van der Waals surface area contributed by atoms with Gasteiger partial charge in [0.2, 0.25) is 0 Å². The number of fused-ring (bicyclic) bond motifs is 6. The molecule has 0 aliphatic carbocycles. The van der Waals surface area contributed by atoms with E-state index < -0.39 is 0 Å². The van der Waals surface area contributed by atoms with E-state index in [2.05, 4.69) is 67.6 Å². The summed E-state index contributed by atoms with van der Waals surface area (Å²) in [5, 5.41) is 2.34. The number of aryl methyl sites for hydroxylation is 4. The largest absolute Gasteiger partial charge is 2.00 e. The number of aromatic nitrogens is 4. The van der Waals surface area contributed by atoms with E-state index in [1.807, 2.05) is 24.5 Å². The van der Waals surface area contributed by atoms with Gasteiger partial charge >= 0.3 is 21.1 Å². The Morgan fingerprint density at radius 1 is 0.667 bits per heavy atom. The molecule has 0 unspecified atom stereocenters. The molecule has 4 aromatic heterocycles. The first kappa shape index (κ1) is 20.6. The van der Waals surface area contributed by atoms with Crippen molar-refractivity contribution in [3.05, 3.63) is 84.2 Å². The van der Waals surface area contributed by atoms with Gasteiger partial charge in [-0.25, -0.2) is 0 Å². The van der Waals surface area contributed by atoms with Crippen LogP contribution in [-0.2, 0) is 47.0 Å². The zero-order valence-corrected chi connectivity index (χ0v) is 20.4. The van der Waals surface area contributed by atoms with Gasteiger partial charge in [-0.2, -0.15) is 0 Å². The molecule has 0 fully saturated rings.